The van der Waals surface area contributed by atoms with E-state index < -0.39 is 24.7 Å². The van der Waals surface area contributed by atoms with Crippen LogP contribution in [0.1, 0.15) is 51.5 Å². The summed E-state index contributed by atoms with van der Waals surface area (Å²) >= 11 is 6.34. The van der Waals surface area contributed by atoms with Gasteiger partial charge in [0.2, 0.25) is 0 Å². The molecule has 33 heavy (non-hydrogen) atoms. The fraction of sp³-hybridized carbons (Fsp3) is 0.565. The Morgan fingerprint density at radius 3 is 2.82 bits per heavy atom. The summed E-state index contributed by atoms with van der Waals surface area (Å²) in [5.74, 6) is -1.44. The van der Waals surface area contributed by atoms with Gasteiger partial charge in [0.1, 0.15) is 0 Å². The van der Waals surface area contributed by atoms with Crippen LogP contribution in [-0.2, 0) is 4.79 Å². The summed E-state index contributed by atoms with van der Waals surface area (Å²) in [7, 11) is -1.35. The zero-order valence-electron chi connectivity index (χ0n) is 19.1. The molecule has 3 unspecified atom stereocenters. The summed E-state index contributed by atoms with van der Waals surface area (Å²) in [6.45, 7) is 3.41. The van der Waals surface area contributed by atoms with Crippen LogP contribution >= 0.6 is 11.6 Å². The zero-order chi connectivity index (χ0) is 24.0. The van der Waals surface area contributed by atoms with Gasteiger partial charge in [0, 0.05) is 35.4 Å². The lowest BCUT2D eigenvalue weighted by Gasteiger charge is -2.44. The maximum absolute atomic E-state index is 11.8. The molecule has 5 N–H and O–H groups in total. The number of nitrogens with two attached hydrogens (primary N) is 1. The van der Waals surface area contributed by atoms with E-state index in [-0.39, 0.29) is 12.4 Å². The minimum absolute atomic E-state index is 0.146. The molecule has 1 saturated heterocycles. The van der Waals surface area contributed by atoms with Crippen LogP contribution in [0.25, 0.3) is 11.1 Å². The predicted octanol–water partition coefficient (Wildman–Crippen LogP) is 3.25. The van der Waals surface area contributed by atoms with Crippen molar-refractivity contribution in [3.63, 3.8) is 0 Å². The Labute approximate surface area is 200 Å². The second kappa shape index (κ2) is 11.5. The quantitative estimate of drug-likeness (QED) is 0.290. The Morgan fingerprint density at radius 1 is 1.36 bits per heavy atom. The first-order valence-corrected chi connectivity index (χ1v) is 12.0. The number of carboxylic acid groups (broad SMARTS) is 1. The van der Waals surface area contributed by atoms with Gasteiger partial charge >= 0.3 is 13.1 Å². The highest BCUT2D eigenvalue weighted by atomic mass is 35.5. The minimum atomic E-state index is -1.35. The lowest BCUT2D eigenvalue weighted by atomic mass is 9.82. The number of halogens is 1. The zero-order valence-corrected chi connectivity index (χ0v) is 19.9. The van der Waals surface area contributed by atoms with Crippen molar-refractivity contribution in [2.24, 2.45) is 11.7 Å². The van der Waals surface area contributed by atoms with E-state index >= 15 is 0 Å². The first-order chi connectivity index (χ1) is 15.7. The molecular formula is C23H34BClN4O4. The third kappa shape index (κ3) is 7.04. The minimum Gasteiger partial charge on any atom is -0.481 e. The molecule has 0 radical (unpaired) electrons. The number of likely N-dealkylation sites (tertiary alicyclic amines) is 1. The van der Waals surface area contributed by atoms with Gasteiger partial charge in [0.05, 0.1) is 23.8 Å². The van der Waals surface area contributed by atoms with Crippen molar-refractivity contribution in [2.45, 2.75) is 63.5 Å². The predicted molar refractivity (Wildman–Crippen MR) is 130 cm³/mol. The Bertz CT molecular complexity index is 923. The Morgan fingerprint density at radius 2 is 2.12 bits per heavy atom. The Balaban J connectivity index is 1.63. The molecule has 0 spiro atoms. The number of unbranched alkanes of at least 4 members (excludes halogenated alkanes) is 1. The summed E-state index contributed by atoms with van der Waals surface area (Å²) < 4.78 is 1.97. The number of carbonyl (C=O) groups is 1. The molecule has 10 heteroatoms. The van der Waals surface area contributed by atoms with E-state index in [0.717, 1.165) is 30.5 Å². The summed E-state index contributed by atoms with van der Waals surface area (Å²) in [6.07, 6.45) is 8.00. The van der Waals surface area contributed by atoms with Gasteiger partial charge in [-0.2, -0.15) is 5.10 Å². The monoisotopic (exact) mass is 476 g/mol. The van der Waals surface area contributed by atoms with Gasteiger partial charge in [-0.3, -0.25) is 14.4 Å². The van der Waals surface area contributed by atoms with Gasteiger partial charge < -0.3 is 20.9 Å². The summed E-state index contributed by atoms with van der Waals surface area (Å²) in [6, 6.07) is 7.83. The molecule has 3 rings (SSSR count). The largest absolute Gasteiger partial charge is 0.481 e. The highest BCUT2D eigenvalue weighted by Gasteiger charge is 2.36. The Hall–Kier alpha value is -1.91. The molecule has 1 aliphatic heterocycles. The summed E-state index contributed by atoms with van der Waals surface area (Å²) in [4.78, 5) is 14.0. The van der Waals surface area contributed by atoms with Crippen molar-refractivity contribution in [2.75, 3.05) is 13.1 Å². The van der Waals surface area contributed by atoms with E-state index in [9.17, 15) is 9.90 Å². The van der Waals surface area contributed by atoms with E-state index in [1.165, 1.54) is 0 Å². The van der Waals surface area contributed by atoms with Crippen molar-refractivity contribution in [3.05, 3.63) is 41.7 Å². The Kier molecular flexibility index (Phi) is 8.95. The lowest BCUT2D eigenvalue weighted by Crippen LogP contribution is -2.58. The highest BCUT2D eigenvalue weighted by Crippen LogP contribution is 2.32. The summed E-state index contributed by atoms with van der Waals surface area (Å²) in [5, 5.41) is 32.9. The maximum atomic E-state index is 11.8. The molecule has 3 atom stereocenters. The van der Waals surface area contributed by atoms with Crippen molar-refractivity contribution >= 4 is 24.7 Å². The fourth-order valence-corrected chi connectivity index (χ4v) is 4.91. The standard InChI is InChI=1S/C23H34BClN4O4/c1-23(26,13-17(22(30)31)7-4-5-11-24(32)33)28-12-6-8-19(16-28)29-15-18(14-27-29)20-9-2-3-10-21(20)25/h2-3,9-10,14-15,17,19,32-33H,4-8,11-13,16,26H2,1H3,(H,30,31). The molecule has 0 saturated carbocycles. The van der Waals surface area contributed by atoms with Gasteiger partial charge in [-0.05, 0) is 45.0 Å². The van der Waals surface area contributed by atoms with Crippen LogP contribution in [-0.4, -0.2) is 61.7 Å². The van der Waals surface area contributed by atoms with Crippen molar-refractivity contribution in [1.82, 2.24) is 14.7 Å². The highest BCUT2D eigenvalue weighted by molar-refractivity contribution is 6.40. The third-order valence-electron chi connectivity index (χ3n) is 6.55. The van der Waals surface area contributed by atoms with E-state index in [4.69, 9.17) is 27.4 Å². The van der Waals surface area contributed by atoms with E-state index in [1.54, 1.807) is 0 Å². The van der Waals surface area contributed by atoms with Crippen molar-refractivity contribution in [3.8, 4) is 11.1 Å². The molecule has 2 aromatic rings. The topological polar surface area (TPSA) is 125 Å². The number of rotatable bonds is 11. The molecule has 2 heterocycles. The number of carboxylic acids is 1. The number of aliphatic carboxylic acids is 1. The van der Waals surface area contributed by atoms with E-state index in [1.807, 2.05) is 48.3 Å². The lowest BCUT2D eigenvalue weighted by molar-refractivity contribution is -0.143. The van der Waals surface area contributed by atoms with E-state index in [0.29, 0.717) is 37.3 Å². The number of hydrogen-bond donors (Lipinski definition) is 4. The smallest absolute Gasteiger partial charge is 0.451 e. The normalized spacial score (nSPS) is 19.7. The van der Waals surface area contributed by atoms with Crippen molar-refractivity contribution in [1.29, 1.82) is 0 Å². The molecule has 0 bridgehead atoms. The second-order valence-electron chi connectivity index (χ2n) is 9.29. The van der Waals surface area contributed by atoms with Gasteiger partial charge in [-0.1, -0.05) is 42.6 Å². The van der Waals surface area contributed by atoms with Crippen LogP contribution in [0.15, 0.2) is 36.7 Å². The molecule has 1 aliphatic rings. The van der Waals surface area contributed by atoms with Crippen LogP contribution in [0.4, 0.5) is 0 Å². The average molecular weight is 477 g/mol. The van der Waals surface area contributed by atoms with Gasteiger partial charge in [0.15, 0.2) is 0 Å². The summed E-state index contributed by atoms with van der Waals surface area (Å²) in [5.41, 5.74) is 7.82. The molecule has 180 valence electrons. The maximum Gasteiger partial charge on any atom is 0.451 e. The second-order valence-corrected chi connectivity index (χ2v) is 9.70. The number of hydrogen-bond acceptors (Lipinski definition) is 6. The van der Waals surface area contributed by atoms with Gasteiger partial charge in [-0.15, -0.1) is 0 Å². The molecular weight excluding hydrogens is 443 g/mol. The first kappa shape index (κ1) is 25.7. The van der Waals surface area contributed by atoms with Gasteiger partial charge in [0.25, 0.3) is 0 Å². The van der Waals surface area contributed by atoms with Crippen LogP contribution in [0.2, 0.25) is 11.3 Å². The van der Waals surface area contributed by atoms with Crippen LogP contribution in [0.5, 0.6) is 0 Å². The van der Waals surface area contributed by atoms with Gasteiger partial charge in [-0.25, -0.2) is 0 Å². The molecule has 0 aliphatic carbocycles. The SMILES string of the molecule is CC(N)(CC(CCCCB(O)O)C(=O)O)N1CCCC(n2cc(-c3ccccc3Cl)cn2)C1. The molecule has 0 amide bonds. The van der Waals surface area contributed by atoms with Crippen LogP contribution in [0.3, 0.4) is 0 Å². The number of piperidine rings is 1. The van der Waals surface area contributed by atoms with Crippen LogP contribution < -0.4 is 5.73 Å². The molecule has 1 aromatic heterocycles. The molecule has 8 nitrogen and oxygen atoms in total. The van der Waals surface area contributed by atoms with Crippen LogP contribution in [0, 0.1) is 5.92 Å². The molecule has 1 fully saturated rings. The number of benzene rings is 1. The number of aromatic nitrogens is 2. The number of nitrogens with zero attached hydrogens (tertiary/aromatic N) is 3. The third-order valence-corrected chi connectivity index (χ3v) is 6.88. The van der Waals surface area contributed by atoms with E-state index in [2.05, 4.69) is 10.00 Å². The fourth-order valence-electron chi connectivity index (χ4n) is 4.67. The molecule has 1 aromatic carbocycles. The van der Waals surface area contributed by atoms with Crippen molar-refractivity contribution < 1.29 is 19.9 Å². The first-order valence-electron chi connectivity index (χ1n) is 11.6. The average Bonchev–Trinajstić information content (AvgIpc) is 3.26.